The first-order valence-corrected chi connectivity index (χ1v) is 6.71. The molecule has 0 atom stereocenters. The fourth-order valence-electron chi connectivity index (χ4n) is 1.96. The average Bonchev–Trinajstić information content (AvgIpc) is 3.17. The Morgan fingerprint density at radius 2 is 2.00 bits per heavy atom. The zero-order valence-electron chi connectivity index (χ0n) is 9.23. The molecule has 2 aromatic rings. The molecule has 17 heavy (non-hydrogen) atoms. The van der Waals surface area contributed by atoms with Crippen LogP contribution in [0, 0.1) is 3.57 Å². The quantitative estimate of drug-likeness (QED) is 0.857. The van der Waals surface area contributed by atoms with Crippen molar-refractivity contribution in [1.29, 1.82) is 0 Å². The Balaban J connectivity index is 2.11. The molecule has 1 saturated carbocycles. The zero-order valence-corrected chi connectivity index (χ0v) is 11.4. The summed E-state index contributed by atoms with van der Waals surface area (Å²) in [5.41, 5.74) is 8.32. The van der Waals surface area contributed by atoms with Crippen LogP contribution in [-0.2, 0) is 0 Å². The summed E-state index contributed by atoms with van der Waals surface area (Å²) in [5, 5.41) is 0. The van der Waals surface area contributed by atoms with Crippen molar-refractivity contribution >= 4 is 28.4 Å². The lowest BCUT2D eigenvalue weighted by Gasteiger charge is -2.08. The van der Waals surface area contributed by atoms with Crippen molar-refractivity contribution in [2.45, 2.75) is 18.8 Å². The predicted molar refractivity (Wildman–Crippen MR) is 76.6 cm³/mol. The molecule has 0 unspecified atom stereocenters. The first-order valence-electron chi connectivity index (χ1n) is 5.63. The Morgan fingerprint density at radius 3 is 2.71 bits per heavy atom. The van der Waals surface area contributed by atoms with Crippen LogP contribution >= 0.6 is 22.6 Å². The van der Waals surface area contributed by atoms with E-state index in [0.717, 1.165) is 15.0 Å². The summed E-state index contributed by atoms with van der Waals surface area (Å²) in [5.74, 6) is 1.99. The summed E-state index contributed by atoms with van der Waals surface area (Å²) >= 11 is 2.14. The summed E-state index contributed by atoms with van der Waals surface area (Å²) in [7, 11) is 0. The zero-order chi connectivity index (χ0) is 11.8. The number of rotatable bonds is 2. The summed E-state index contributed by atoms with van der Waals surface area (Å²) in [6, 6.07) is 8.35. The van der Waals surface area contributed by atoms with Crippen LogP contribution in [0.1, 0.15) is 24.3 Å². The van der Waals surface area contributed by atoms with Gasteiger partial charge in [-0.15, -0.1) is 0 Å². The highest BCUT2D eigenvalue weighted by molar-refractivity contribution is 14.1. The fraction of sp³-hybridized carbons (Fsp3) is 0.231. The number of hydrogen-bond acceptors (Lipinski definition) is 3. The lowest BCUT2D eigenvalue weighted by Crippen LogP contribution is -1.99. The third-order valence-electron chi connectivity index (χ3n) is 2.99. The minimum absolute atomic E-state index is 0.557. The molecule has 0 radical (unpaired) electrons. The average molecular weight is 337 g/mol. The molecule has 3 nitrogen and oxygen atoms in total. The van der Waals surface area contributed by atoms with Crippen LogP contribution in [-0.4, -0.2) is 9.97 Å². The highest BCUT2D eigenvalue weighted by Gasteiger charge is 2.26. The van der Waals surface area contributed by atoms with Crippen LogP contribution in [0.2, 0.25) is 0 Å². The molecule has 0 amide bonds. The molecule has 1 aromatic heterocycles. The molecule has 4 heteroatoms. The highest BCUT2D eigenvalue weighted by atomic mass is 127. The van der Waals surface area contributed by atoms with Gasteiger partial charge in [0.1, 0.15) is 5.82 Å². The van der Waals surface area contributed by atoms with Crippen molar-refractivity contribution in [3.63, 3.8) is 0 Å². The number of halogens is 1. The van der Waals surface area contributed by atoms with Gasteiger partial charge in [0.25, 0.3) is 0 Å². The summed E-state index contributed by atoms with van der Waals surface area (Å²) in [6.45, 7) is 0. The predicted octanol–water partition coefficient (Wildman–Crippen LogP) is 3.21. The van der Waals surface area contributed by atoms with Crippen molar-refractivity contribution < 1.29 is 0 Å². The SMILES string of the molecule is Nc1nc(-c2ccccc2C2CC2)ncc1I. The van der Waals surface area contributed by atoms with Crippen molar-refractivity contribution in [1.82, 2.24) is 9.97 Å². The minimum Gasteiger partial charge on any atom is -0.383 e. The number of anilines is 1. The van der Waals surface area contributed by atoms with Crippen LogP contribution in [0.3, 0.4) is 0 Å². The molecule has 0 aliphatic heterocycles. The van der Waals surface area contributed by atoms with Crippen LogP contribution in [0.5, 0.6) is 0 Å². The van der Waals surface area contributed by atoms with Crippen LogP contribution < -0.4 is 5.73 Å². The van der Waals surface area contributed by atoms with E-state index in [-0.39, 0.29) is 0 Å². The lowest BCUT2D eigenvalue weighted by atomic mass is 10.0. The third-order valence-corrected chi connectivity index (χ3v) is 3.82. The number of benzene rings is 1. The van der Waals surface area contributed by atoms with E-state index < -0.39 is 0 Å². The largest absolute Gasteiger partial charge is 0.383 e. The standard InChI is InChI=1S/C13H12IN3/c14-11-7-16-13(17-12(11)15)10-4-2-1-3-9(10)8-5-6-8/h1-4,7-8H,5-6H2,(H2,15,16,17). The molecule has 0 saturated heterocycles. The highest BCUT2D eigenvalue weighted by Crippen LogP contribution is 2.43. The molecule has 2 N–H and O–H groups in total. The van der Waals surface area contributed by atoms with Crippen LogP contribution in [0.4, 0.5) is 5.82 Å². The Hall–Kier alpha value is -1.17. The van der Waals surface area contributed by atoms with Crippen molar-refractivity contribution in [2.75, 3.05) is 5.73 Å². The first kappa shape index (κ1) is 11.0. The normalized spacial score (nSPS) is 14.9. The molecular formula is C13H12IN3. The van der Waals surface area contributed by atoms with Gasteiger partial charge in [-0.05, 0) is 46.9 Å². The van der Waals surface area contributed by atoms with Gasteiger partial charge in [0, 0.05) is 11.8 Å². The van der Waals surface area contributed by atoms with E-state index in [9.17, 15) is 0 Å². The Kier molecular flexibility index (Phi) is 2.74. The van der Waals surface area contributed by atoms with E-state index in [4.69, 9.17) is 5.73 Å². The van der Waals surface area contributed by atoms with Crippen molar-refractivity contribution in [3.05, 3.63) is 39.6 Å². The van der Waals surface area contributed by atoms with E-state index in [2.05, 4.69) is 50.8 Å². The molecule has 0 bridgehead atoms. The summed E-state index contributed by atoms with van der Waals surface area (Å²) in [6.07, 6.45) is 4.33. The van der Waals surface area contributed by atoms with Gasteiger partial charge in [-0.3, -0.25) is 0 Å². The van der Waals surface area contributed by atoms with Crippen LogP contribution in [0.15, 0.2) is 30.5 Å². The Bertz CT molecular complexity index is 564. The maximum atomic E-state index is 5.84. The molecule has 86 valence electrons. The van der Waals surface area contributed by atoms with Gasteiger partial charge in [0.05, 0.1) is 3.57 Å². The van der Waals surface area contributed by atoms with Gasteiger partial charge < -0.3 is 5.73 Å². The van der Waals surface area contributed by atoms with Gasteiger partial charge in [-0.2, -0.15) is 0 Å². The van der Waals surface area contributed by atoms with Gasteiger partial charge in [-0.25, -0.2) is 9.97 Å². The van der Waals surface area contributed by atoms with E-state index in [1.807, 2.05) is 6.07 Å². The van der Waals surface area contributed by atoms with E-state index in [0.29, 0.717) is 11.7 Å². The van der Waals surface area contributed by atoms with Crippen molar-refractivity contribution in [3.8, 4) is 11.4 Å². The molecule has 3 rings (SSSR count). The van der Waals surface area contributed by atoms with Crippen LogP contribution in [0.25, 0.3) is 11.4 Å². The molecule has 1 aliphatic rings. The third kappa shape index (κ3) is 2.13. The first-order chi connectivity index (χ1) is 8.25. The second-order valence-electron chi connectivity index (χ2n) is 4.29. The number of aromatic nitrogens is 2. The Labute approximate surface area is 114 Å². The van der Waals surface area contributed by atoms with Gasteiger partial charge in [0.2, 0.25) is 0 Å². The van der Waals surface area contributed by atoms with Gasteiger partial charge in [-0.1, -0.05) is 24.3 Å². The second-order valence-corrected chi connectivity index (χ2v) is 5.45. The smallest absolute Gasteiger partial charge is 0.161 e. The van der Waals surface area contributed by atoms with Crippen molar-refractivity contribution in [2.24, 2.45) is 0 Å². The molecule has 1 fully saturated rings. The fourth-order valence-corrected chi connectivity index (χ4v) is 2.22. The van der Waals surface area contributed by atoms with Gasteiger partial charge >= 0.3 is 0 Å². The summed E-state index contributed by atoms with van der Waals surface area (Å²) in [4.78, 5) is 8.75. The van der Waals surface area contributed by atoms with E-state index in [1.165, 1.54) is 18.4 Å². The van der Waals surface area contributed by atoms with E-state index in [1.54, 1.807) is 6.20 Å². The molecular weight excluding hydrogens is 325 g/mol. The maximum absolute atomic E-state index is 5.84. The van der Waals surface area contributed by atoms with E-state index >= 15 is 0 Å². The second kappa shape index (κ2) is 4.25. The minimum atomic E-state index is 0.557. The number of hydrogen-bond donors (Lipinski definition) is 1. The maximum Gasteiger partial charge on any atom is 0.161 e. The molecule has 0 spiro atoms. The van der Waals surface area contributed by atoms with Gasteiger partial charge in [0.15, 0.2) is 5.82 Å². The number of nitrogen functional groups attached to an aromatic ring is 1. The lowest BCUT2D eigenvalue weighted by molar-refractivity contribution is 1.10. The molecule has 1 aliphatic carbocycles. The number of nitrogens with two attached hydrogens (primary N) is 1. The molecule has 1 aromatic carbocycles. The monoisotopic (exact) mass is 337 g/mol. The number of nitrogens with zero attached hydrogens (tertiary/aromatic N) is 2. The topological polar surface area (TPSA) is 51.8 Å². The molecule has 1 heterocycles. The Morgan fingerprint density at radius 1 is 1.24 bits per heavy atom. The summed E-state index contributed by atoms with van der Waals surface area (Å²) < 4.78 is 0.898.